The molecule has 2 aromatic carbocycles. The number of benzene rings is 2. The maximum absolute atomic E-state index is 10.8. The first-order valence-electron chi connectivity index (χ1n) is 13.1. The van der Waals surface area contributed by atoms with E-state index in [0.717, 1.165) is 47.5 Å². The van der Waals surface area contributed by atoms with Crippen molar-refractivity contribution in [3.8, 4) is 11.5 Å². The van der Waals surface area contributed by atoms with Crippen LogP contribution in [-0.2, 0) is 0 Å². The van der Waals surface area contributed by atoms with Crippen LogP contribution in [0.5, 0.6) is 11.5 Å². The van der Waals surface area contributed by atoms with Crippen LogP contribution in [0.4, 0.5) is 22.7 Å². The maximum Gasteiger partial charge on any atom is 0.271 e. The molecular weight excluding hydrogens is 456 g/mol. The second kappa shape index (κ2) is 13.2. The Labute approximate surface area is 215 Å². The first-order valence-corrected chi connectivity index (χ1v) is 13.1. The van der Waals surface area contributed by atoms with E-state index in [0.29, 0.717) is 17.8 Å². The molecule has 2 saturated carbocycles. The van der Waals surface area contributed by atoms with Gasteiger partial charge in [0.2, 0.25) is 0 Å². The number of nitro groups is 1. The van der Waals surface area contributed by atoms with E-state index in [9.17, 15) is 10.1 Å². The summed E-state index contributed by atoms with van der Waals surface area (Å²) in [5, 5.41) is 17.8. The van der Waals surface area contributed by atoms with E-state index in [1.165, 1.54) is 44.6 Å². The summed E-state index contributed by atoms with van der Waals surface area (Å²) in [6.45, 7) is 4.60. The van der Waals surface area contributed by atoms with Gasteiger partial charge in [0.15, 0.2) is 0 Å². The van der Waals surface area contributed by atoms with Crippen molar-refractivity contribution < 1.29 is 14.4 Å². The van der Waals surface area contributed by atoms with Gasteiger partial charge in [0, 0.05) is 29.9 Å². The van der Waals surface area contributed by atoms with Gasteiger partial charge in [-0.15, -0.1) is 0 Å². The molecule has 4 N–H and O–H groups in total. The van der Waals surface area contributed by atoms with Crippen molar-refractivity contribution in [2.75, 3.05) is 30.6 Å². The molecule has 2 aliphatic rings. The third-order valence-electron chi connectivity index (χ3n) is 7.37. The molecule has 2 aliphatic carbocycles. The van der Waals surface area contributed by atoms with Gasteiger partial charge in [0.1, 0.15) is 11.5 Å². The zero-order valence-corrected chi connectivity index (χ0v) is 22.1. The number of nitrogens with two attached hydrogens (primary N) is 1. The number of nitrogen functional groups attached to an aromatic ring is 1. The fourth-order valence-electron chi connectivity index (χ4n) is 5.01. The van der Waals surface area contributed by atoms with Gasteiger partial charge in [-0.2, -0.15) is 0 Å². The van der Waals surface area contributed by atoms with Crippen LogP contribution in [0, 0.1) is 22.0 Å². The minimum absolute atomic E-state index is 0.0903. The molecule has 2 aromatic rings. The molecule has 0 spiro atoms. The van der Waals surface area contributed by atoms with Gasteiger partial charge in [0.25, 0.3) is 5.69 Å². The minimum atomic E-state index is -0.381. The molecule has 0 amide bonds. The number of nitro benzene ring substituents is 1. The first kappa shape index (κ1) is 27.4. The molecule has 0 aromatic heterocycles. The maximum atomic E-state index is 10.8. The summed E-state index contributed by atoms with van der Waals surface area (Å²) in [7, 11) is 3.27. The summed E-state index contributed by atoms with van der Waals surface area (Å²) in [6, 6.07) is 11.3. The highest BCUT2D eigenvalue weighted by Crippen LogP contribution is 2.33. The van der Waals surface area contributed by atoms with Crippen LogP contribution in [-0.4, -0.2) is 31.2 Å². The lowest BCUT2D eigenvalue weighted by atomic mass is 9.87. The summed E-state index contributed by atoms with van der Waals surface area (Å²) >= 11 is 0. The number of methoxy groups -OCH3 is 2. The Hall–Kier alpha value is -3.16. The van der Waals surface area contributed by atoms with Crippen LogP contribution in [0.3, 0.4) is 0 Å². The van der Waals surface area contributed by atoms with Crippen molar-refractivity contribution in [3.63, 3.8) is 0 Å². The lowest BCUT2D eigenvalue weighted by molar-refractivity contribution is -0.384. The summed E-state index contributed by atoms with van der Waals surface area (Å²) in [5.41, 5.74) is 8.42. The zero-order chi connectivity index (χ0) is 26.1. The number of non-ortho nitro benzene ring substituents is 1. The summed E-state index contributed by atoms with van der Waals surface area (Å²) in [6.07, 6.45) is 9.70. The first-order chi connectivity index (χ1) is 17.3. The van der Waals surface area contributed by atoms with Gasteiger partial charge in [0.05, 0.1) is 30.5 Å². The molecule has 0 radical (unpaired) electrons. The van der Waals surface area contributed by atoms with Crippen molar-refractivity contribution in [1.29, 1.82) is 0 Å². The highest BCUT2D eigenvalue weighted by atomic mass is 16.6. The zero-order valence-electron chi connectivity index (χ0n) is 22.1. The van der Waals surface area contributed by atoms with E-state index >= 15 is 0 Å². The summed E-state index contributed by atoms with van der Waals surface area (Å²) in [5.74, 6) is 3.18. The largest absolute Gasteiger partial charge is 0.495 e. The van der Waals surface area contributed by atoms with Crippen molar-refractivity contribution in [1.82, 2.24) is 0 Å². The third-order valence-corrected chi connectivity index (χ3v) is 7.37. The second-order valence-corrected chi connectivity index (χ2v) is 10.3. The van der Waals surface area contributed by atoms with Crippen molar-refractivity contribution in [2.24, 2.45) is 11.8 Å². The molecule has 0 heterocycles. The number of hydrogen-bond acceptors (Lipinski definition) is 7. The highest BCUT2D eigenvalue weighted by Gasteiger charge is 2.21. The Bertz CT molecular complexity index is 984. The predicted molar refractivity (Wildman–Crippen MR) is 147 cm³/mol. The molecule has 0 atom stereocenters. The standard InChI is InChI=1S/C14H20N2O3.C14H22N2O/c1-10-3-5-11(6-4-10)15-13-9-12(16(17)18)7-8-14(13)19-2;1-10-3-6-12(7-4-10)16-13-9-11(15)5-8-14(13)17-2/h7-11,15H,3-6H2,1-2H3;5,8-10,12,16H,3-4,6-7,15H2,1-2H3. The van der Waals surface area contributed by atoms with E-state index in [4.69, 9.17) is 15.2 Å². The fraction of sp³-hybridized carbons (Fsp3) is 0.571. The Morgan fingerprint density at radius 1 is 0.778 bits per heavy atom. The molecule has 8 nitrogen and oxygen atoms in total. The van der Waals surface area contributed by atoms with E-state index in [-0.39, 0.29) is 10.6 Å². The number of rotatable bonds is 7. The third kappa shape index (κ3) is 7.93. The SMILES string of the molecule is COc1ccc(N)cc1NC1CCC(C)CC1.COc1ccc([N+](=O)[O-])cc1NC1CCC(C)CC1. The minimum Gasteiger partial charge on any atom is -0.495 e. The van der Waals surface area contributed by atoms with E-state index in [1.807, 2.05) is 18.2 Å². The molecule has 36 heavy (non-hydrogen) atoms. The van der Waals surface area contributed by atoms with Crippen molar-refractivity contribution in [2.45, 2.75) is 77.3 Å². The molecular formula is C28H42N4O4. The van der Waals surface area contributed by atoms with Crippen LogP contribution >= 0.6 is 0 Å². The molecule has 0 saturated heterocycles. The smallest absolute Gasteiger partial charge is 0.271 e. The van der Waals surface area contributed by atoms with Gasteiger partial charge in [-0.25, -0.2) is 0 Å². The molecule has 0 bridgehead atoms. The number of hydrogen-bond donors (Lipinski definition) is 3. The molecule has 2 fully saturated rings. The van der Waals surface area contributed by atoms with Crippen LogP contribution in [0.15, 0.2) is 36.4 Å². The average Bonchev–Trinajstić information content (AvgIpc) is 2.87. The van der Waals surface area contributed by atoms with Gasteiger partial charge in [-0.1, -0.05) is 13.8 Å². The second-order valence-electron chi connectivity index (χ2n) is 10.3. The summed E-state index contributed by atoms with van der Waals surface area (Å²) < 4.78 is 10.6. The van der Waals surface area contributed by atoms with Gasteiger partial charge < -0.3 is 25.8 Å². The lowest BCUT2D eigenvalue weighted by Crippen LogP contribution is -2.25. The Kier molecular flexibility index (Phi) is 10.1. The number of ether oxygens (including phenoxy) is 2. The predicted octanol–water partition coefficient (Wildman–Crippen LogP) is 6.86. The lowest BCUT2D eigenvalue weighted by Gasteiger charge is -2.28. The van der Waals surface area contributed by atoms with Crippen LogP contribution in [0.2, 0.25) is 0 Å². The molecule has 4 rings (SSSR count). The highest BCUT2D eigenvalue weighted by molar-refractivity contribution is 5.64. The topological polar surface area (TPSA) is 112 Å². The van der Waals surface area contributed by atoms with Gasteiger partial charge in [-0.3, -0.25) is 10.1 Å². The summed E-state index contributed by atoms with van der Waals surface area (Å²) in [4.78, 5) is 10.4. The van der Waals surface area contributed by atoms with Gasteiger partial charge >= 0.3 is 0 Å². The van der Waals surface area contributed by atoms with Crippen LogP contribution in [0.25, 0.3) is 0 Å². The molecule has 8 heteroatoms. The Balaban J connectivity index is 0.000000202. The number of nitrogens with zero attached hydrogens (tertiary/aromatic N) is 1. The van der Waals surface area contributed by atoms with Crippen molar-refractivity contribution >= 4 is 22.7 Å². The van der Waals surface area contributed by atoms with Crippen LogP contribution in [0.1, 0.15) is 65.2 Å². The van der Waals surface area contributed by atoms with Crippen molar-refractivity contribution in [3.05, 3.63) is 46.5 Å². The molecule has 198 valence electrons. The Morgan fingerprint density at radius 2 is 1.22 bits per heavy atom. The Morgan fingerprint density at radius 3 is 1.67 bits per heavy atom. The van der Waals surface area contributed by atoms with Gasteiger partial charge in [-0.05, 0) is 87.5 Å². The monoisotopic (exact) mass is 498 g/mol. The van der Waals surface area contributed by atoms with E-state index < -0.39 is 0 Å². The van der Waals surface area contributed by atoms with Crippen LogP contribution < -0.4 is 25.8 Å². The quantitative estimate of drug-likeness (QED) is 0.217. The molecule has 0 unspecified atom stereocenters. The molecule has 0 aliphatic heterocycles. The average molecular weight is 499 g/mol. The number of nitrogens with one attached hydrogen (secondary N) is 2. The van der Waals surface area contributed by atoms with E-state index in [1.54, 1.807) is 26.4 Å². The normalized spacial score (nSPS) is 23.6. The van der Waals surface area contributed by atoms with E-state index in [2.05, 4.69) is 24.5 Å². The fourth-order valence-corrected chi connectivity index (χ4v) is 5.01. The number of anilines is 3.